The highest BCUT2D eigenvalue weighted by molar-refractivity contribution is 5.94. The van der Waals surface area contributed by atoms with Crippen LogP contribution in [0, 0.1) is 0 Å². The largest absolute Gasteiger partial charge is 0.472 e. The van der Waals surface area contributed by atoms with E-state index in [-0.39, 0.29) is 6.10 Å². The fraction of sp³-hybridized carbons (Fsp3) is 0.222. The van der Waals surface area contributed by atoms with E-state index in [0.29, 0.717) is 5.88 Å². The van der Waals surface area contributed by atoms with Crippen LogP contribution in [0.25, 0.3) is 33.4 Å². The van der Waals surface area contributed by atoms with Gasteiger partial charge < -0.3 is 15.0 Å². The van der Waals surface area contributed by atoms with Gasteiger partial charge in [0.25, 0.3) is 0 Å². The summed E-state index contributed by atoms with van der Waals surface area (Å²) in [7, 11) is 0. The van der Waals surface area contributed by atoms with Crippen LogP contribution in [0.15, 0.2) is 43.2 Å². The van der Waals surface area contributed by atoms with Gasteiger partial charge in [0, 0.05) is 47.2 Å². The predicted molar refractivity (Wildman–Crippen MR) is 96.6 cm³/mol. The summed E-state index contributed by atoms with van der Waals surface area (Å²) < 4.78 is 5.93. The van der Waals surface area contributed by atoms with Gasteiger partial charge in [0.2, 0.25) is 5.88 Å². The average Bonchev–Trinajstić information content (AvgIpc) is 3.43. The van der Waals surface area contributed by atoms with Crippen LogP contribution in [-0.4, -0.2) is 49.3 Å². The Kier molecular flexibility index (Phi) is 3.60. The molecule has 3 N–H and O–H groups in total. The number of hydrogen-bond acceptors (Lipinski definition) is 6. The van der Waals surface area contributed by atoms with Crippen molar-refractivity contribution in [1.29, 1.82) is 0 Å². The molecule has 4 aromatic heterocycles. The van der Waals surface area contributed by atoms with Crippen molar-refractivity contribution in [1.82, 2.24) is 35.5 Å². The van der Waals surface area contributed by atoms with Crippen molar-refractivity contribution in [2.75, 3.05) is 13.1 Å². The van der Waals surface area contributed by atoms with Crippen molar-refractivity contribution in [3.05, 3.63) is 43.2 Å². The van der Waals surface area contributed by atoms with Gasteiger partial charge in [-0.2, -0.15) is 5.10 Å². The second-order valence-corrected chi connectivity index (χ2v) is 6.28. The molecule has 26 heavy (non-hydrogen) atoms. The molecule has 1 atom stereocenters. The third-order valence-electron chi connectivity index (χ3n) is 4.55. The highest BCUT2D eigenvalue weighted by atomic mass is 16.5. The first-order chi connectivity index (χ1) is 12.9. The number of pyridine rings is 1. The molecule has 1 fully saturated rings. The van der Waals surface area contributed by atoms with Crippen molar-refractivity contribution in [3.8, 4) is 28.3 Å². The van der Waals surface area contributed by atoms with E-state index in [1.807, 2.05) is 18.6 Å². The Morgan fingerprint density at radius 2 is 2.08 bits per heavy atom. The molecule has 1 aliphatic rings. The van der Waals surface area contributed by atoms with Gasteiger partial charge in [-0.15, -0.1) is 0 Å². The lowest BCUT2D eigenvalue weighted by atomic mass is 10.1. The number of H-pyrrole nitrogens is 2. The molecule has 0 spiro atoms. The summed E-state index contributed by atoms with van der Waals surface area (Å²) in [6.45, 7) is 1.82. The number of nitrogens with zero attached hydrogens (tertiary/aromatic N) is 4. The number of hydrogen-bond donors (Lipinski definition) is 3. The van der Waals surface area contributed by atoms with Crippen LogP contribution in [0.3, 0.4) is 0 Å². The molecule has 1 aliphatic heterocycles. The lowest BCUT2D eigenvalue weighted by Gasteiger charge is -2.11. The Morgan fingerprint density at radius 3 is 2.92 bits per heavy atom. The van der Waals surface area contributed by atoms with Gasteiger partial charge in [0.1, 0.15) is 11.8 Å². The van der Waals surface area contributed by atoms with Gasteiger partial charge in [-0.1, -0.05) is 0 Å². The van der Waals surface area contributed by atoms with E-state index in [2.05, 4.69) is 41.5 Å². The topological polar surface area (TPSA) is 104 Å². The van der Waals surface area contributed by atoms with Crippen molar-refractivity contribution in [2.45, 2.75) is 12.5 Å². The molecular formula is C18H17N7O. The number of fused-ring (bicyclic) bond motifs is 1. The molecule has 0 saturated carbocycles. The van der Waals surface area contributed by atoms with Gasteiger partial charge in [-0.25, -0.2) is 9.97 Å². The Balaban J connectivity index is 1.53. The predicted octanol–water partition coefficient (Wildman–Crippen LogP) is 2.15. The van der Waals surface area contributed by atoms with Crippen LogP contribution in [0.1, 0.15) is 6.42 Å². The zero-order valence-electron chi connectivity index (χ0n) is 13.9. The molecule has 4 aromatic rings. The number of aromatic nitrogens is 6. The smallest absolute Gasteiger partial charge is 0.233 e. The molecule has 0 aromatic carbocycles. The van der Waals surface area contributed by atoms with Gasteiger partial charge in [0.15, 0.2) is 0 Å². The van der Waals surface area contributed by atoms with Crippen LogP contribution < -0.4 is 10.1 Å². The van der Waals surface area contributed by atoms with Gasteiger partial charge >= 0.3 is 0 Å². The molecule has 5 heterocycles. The van der Waals surface area contributed by atoms with Gasteiger partial charge in [0.05, 0.1) is 24.3 Å². The van der Waals surface area contributed by atoms with Crippen LogP contribution >= 0.6 is 0 Å². The Morgan fingerprint density at radius 1 is 1.08 bits per heavy atom. The van der Waals surface area contributed by atoms with E-state index < -0.39 is 0 Å². The maximum atomic E-state index is 5.93. The Bertz CT molecular complexity index is 1030. The lowest BCUT2D eigenvalue weighted by Crippen LogP contribution is -2.20. The highest BCUT2D eigenvalue weighted by Gasteiger charge is 2.17. The van der Waals surface area contributed by atoms with Crippen molar-refractivity contribution < 1.29 is 4.74 Å². The van der Waals surface area contributed by atoms with E-state index in [1.165, 1.54) is 0 Å². The Labute approximate surface area is 149 Å². The van der Waals surface area contributed by atoms with Crippen LogP contribution in [0.2, 0.25) is 0 Å². The van der Waals surface area contributed by atoms with E-state index in [9.17, 15) is 0 Å². The minimum absolute atomic E-state index is 0.150. The summed E-state index contributed by atoms with van der Waals surface area (Å²) in [6.07, 6.45) is 11.9. The minimum atomic E-state index is 0.150. The lowest BCUT2D eigenvalue weighted by molar-refractivity contribution is 0.213. The first-order valence-corrected chi connectivity index (χ1v) is 8.53. The number of ether oxygens (including phenoxy) is 1. The maximum absolute atomic E-state index is 5.93. The zero-order chi connectivity index (χ0) is 17.3. The highest BCUT2D eigenvalue weighted by Crippen LogP contribution is 2.30. The van der Waals surface area contributed by atoms with Gasteiger partial charge in [-0.05, 0) is 19.0 Å². The third-order valence-corrected chi connectivity index (χ3v) is 4.55. The number of rotatable bonds is 4. The number of aromatic amines is 2. The maximum Gasteiger partial charge on any atom is 0.233 e. The molecular weight excluding hydrogens is 330 g/mol. The summed E-state index contributed by atoms with van der Waals surface area (Å²) in [5.41, 5.74) is 4.49. The molecule has 130 valence electrons. The quantitative estimate of drug-likeness (QED) is 0.522. The third kappa shape index (κ3) is 2.70. The van der Waals surface area contributed by atoms with E-state index in [4.69, 9.17) is 4.74 Å². The molecule has 0 radical (unpaired) electrons. The molecule has 8 nitrogen and oxygen atoms in total. The first kappa shape index (κ1) is 15.0. The monoisotopic (exact) mass is 347 g/mol. The number of nitrogens with one attached hydrogen (secondary N) is 3. The van der Waals surface area contributed by atoms with Crippen molar-refractivity contribution >= 4 is 11.0 Å². The molecule has 0 bridgehead atoms. The minimum Gasteiger partial charge on any atom is -0.472 e. The molecule has 0 unspecified atom stereocenters. The van der Waals surface area contributed by atoms with E-state index >= 15 is 0 Å². The normalized spacial score (nSPS) is 17.0. The van der Waals surface area contributed by atoms with Crippen molar-refractivity contribution in [3.63, 3.8) is 0 Å². The molecule has 0 amide bonds. The van der Waals surface area contributed by atoms with Gasteiger partial charge in [-0.3, -0.25) is 10.1 Å². The van der Waals surface area contributed by atoms with Crippen LogP contribution in [-0.2, 0) is 0 Å². The summed E-state index contributed by atoms with van der Waals surface area (Å²) in [5.74, 6) is 0.546. The summed E-state index contributed by atoms with van der Waals surface area (Å²) >= 11 is 0. The van der Waals surface area contributed by atoms with Crippen LogP contribution in [0.4, 0.5) is 0 Å². The average molecular weight is 347 g/mol. The molecule has 0 aliphatic carbocycles. The van der Waals surface area contributed by atoms with Crippen LogP contribution in [0.5, 0.6) is 5.88 Å². The van der Waals surface area contributed by atoms with E-state index in [0.717, 1.165) is 52.9 Å². The summed E-state index contributed by atoms with van der Waals surface area (Å²) in [4.78, 5) is 16.6. The van der Waals surface area contributed by atoms with E-state index in [1.54, 1.807) is 18.6 Å². The summed E-state index contributed by atoms with van der Waals surface area (Å²) in [5, 5.41) is 11.1. The first-order valence-electron chi connectivity index (χ1n) is 8.53. The Hall–Kier alpha value is -3.26. The molecule has 1 saturated heterocycles. The zero-order valence-corrected chi connectivity index (χ0v) is 13.9. The second-order valence-electron chi connectivity index (χ2n) is 6.28. The fourth-order valence-electron chi connectivity index (χ4n) is 3.22. The van der Waals surface area contributed by atoms with Crippen molar-refractivity contribution in [2.24, 2.45) is 0 Å². The standard InChI is InChI=1S/C18H17N7O/c1-2-19-7-13(1)26-17-10-20-9-16(25-17)15-8-22-18-14(15)3-11(4-21-18)12-5-23-24-6-12/h3-6,8-10,13,19H,1-2,7H2,(H,21,22)(H,23,24)/t13-/m1/s1. The fourth-order valence-corrected chi connectivity index (χ4v) is 3.22. The molecule has 5 rings (SSSR count). The molecule has 8 heteroatoms. The summed E-state index contributed by atoms with van der Waals surface area (Å²) in [6, 6.07) is 2.08. The SMILES string of the molecule is c1n[nH]cc1-c1cnc2[nH]cc(-c3cncc(O[C@@H]4CCNC4)n3)c2c1. The second kappa shape index (κ2) is 6.23.